The number of likely N-dealkylation sites (N-methyl/N-ethyl adjacent to an activating group) is 1. The van der Waals surface area contributed by atoms with Gasteiger partial charge in [0.1, 0.15) is 12.4 Å². The minimum atomic E-state index is -5.05. The normalized spacial score (nSPS) is 13.9. The number of ether oxygens (including phenoxy) is 1. The van der Waals surface area contributed by atoms with E-state index in [2.05, 4.69) is 4.98 Å². The highest BCUT2D eigenvalue weighted by Crippen LogP contribution is 2.41. The molecule has 0 bridgehead atoms. The van der Waals surface area contributed by atoms with Gasteiger partial charge in [0, 0.05) is 26.5 Å². The van der Waals surface area contributed by atoms with Crippen LogP contribution < -0.4 is 4.74 Å². The lowest BCUT2D eigenvalue weighted by Gasteiger charge is -2.31. The lowest BCUT2D eigenvalue weighted by molar-refractivity contribution is -0.271. The molecule has 9 heteroatoms. The number of hydrogen-bond donors (Lipinski definition) is 1. The highest BCUT2D eigenvalue weighted by Gasteiger charge is 2.58. The Morgan fingerprint density at radius 3 is 2.44 bits per heavy atom. The maximum Gasteiger partial charge on any atom is 0.425 e. The van der Waals surface area contributed by atoms with E-state index in [0.29, 0.717) is 5.75 Å². The Balaban J connectivity index is 2.00. The van der Waals surface area contributed by atoms with E-state index in [1.165, 1.54) is 20.3 Å². The summed E-state index contributed by atoms with van der Waals surface area (Å²) >= 11 is 0. The molecular formula is C18H22F3N3O3. The number of carbonyl (C=O) groups is 1. The average Bonchev–Trinajstić information content (AvgIpc) is 3.02. The third kappa shape index (κ3) is 4.79. The Kier molecular flexibility index (Phi) is 6.15. The van der Waals surface area contributed by atoms with Crippen LogP contribution in [0.2, 0.25) is 0 Å². The molecule has 148 valence electrons. The van der Waals surface area contributed by atoms with Gasteiger partial charge >= 0.3 is 6.18 Å². The highest BCUT2D eigenvalue weighted by atomic mass is 19.4. The zero-order valence-electron chi connectivity index (χ0n) is 15.3. The molecule has 1 atom stereocenters. The summed E-state index contributed by atoms with van der Waals surface area (Å²) in [7, 11) is 2.68. The van der Waals surface area contributed by atoms with Crippen molar-refractivity contribution >= 4 is 5.91 Å². The van der Waals surface area contributed by atoms with Crippen molar-refractivity contribution in [1.29, 1.82) is 0 Å². The van der Waals surface area contributed by atoms with E-state index in [0.717, 1.165) is 21.2 Å². The van der Waals surface area contributed by atoms with Crippen LogP contribution in [0.4, 0.5) is 13.2 Å². The molecule has 1 unspecified atom stereocenters. The van der Waals surface area contributed by atoms with Crippen molar-refractivity contribution in [3.8, 4) is 5.75 Å². The molecule has 0 saturated heterocycles. The first-order valence-corrected chi connectivity index (χ1v) is 8.25. The molecule has 27 heavy (non-hydrogen) atoms. The molecule has 0 aliphatic rings. The first-order chi connectivity index (χ1) is 12.5. The zero-order valence-corrected chi connectivity index (χ0v) is 15.3. The predicted octanol–water partition coefficient (Wildman–Crippen LogP) is 2.41. The monoisotopic (exact) mass is 385 g/mol. The van der Waals surface area contributed by atoms with Crippen molar-refractivity contribution in [3.05, 3.63) is 48.0 Å². The molecule has 1 amide bonds. The Labute approximate surface area is 155 Å². The van der Waals surface area contributed by atoms with E-state index < -0.39 is 29.9 Å². The SMILES string of the molecule is Cc1ccc(OCCN(C)C(=O)CC(O)(c2nccn2C)C(F)(F)F)cc1. The smallest absolute Gasteiger partial charge is 0.425 e. The number of aryl methyl sites for hydroxylation is 2. The maximum absolute atomic E-state index is 13.5. The van der Waals surface area contributed by atoms with Gasteiger partial charge in [-0.2, -0.15) is 13.2 Å². The molecule has 0 spiro atoms. The first kappa shape index (κ1) is 20.8. The molecule has 1 aromatic carbocycles. The number of alkyl halides is 3. The Hall–Kier alpha value is -2.55. The molecule has 1 heterocycles. The number of rotatable bonds is 7. The Morgan fingerprint density at radius 2 is 1.93 bits per heavy atom. The number of halogens is 3. The fourth-order valence-corrected chi connectivity index (χ4v) is 2.48. The summed E-state index contributed by atoms with van der Waals surface area (Å²) < 4.78 is 47.0. The van der Waals surface area contributed by atoms with Crippen LogP contribution in [0.15, 0.2) is 36.7 Å². The van der Waals surface area contributed by atoms with Gasteiger partial charge in [0.2, 0.25) is 11.5 Å². The molecule has 0 aliphatic heterocycles. The standard InChI is InChI=1S/C18H22F3N3O3/c1-13-4-6-14(7-5-13)27-11-10-23(2)15(25)12-17(26,18(19,20)21)16-22-8-9-24(16)3/h4-9,26H,10-12H2,1-3H3. The van der Waals surface area contributed by atoms with Crippen molar-refractivity contribution in [2.75, 3.05) is 20.2 Å². The van der Waals surface area contributed by atoms with E-state index in [4.69, 9.17) is 4.74 Å². The Morgan fingerprint density at radius 1 is 1.30 bits per heavy atom. The second-order valence-corrected chi connectivity index (χ2v) is 6.37. The summed E-state index contributed by atoms with van der Waals surface area (Å²) in [4.78, 5) is 16.9. The summed E-state index contributed by atoms with van der Waals surface area (Å²) in [6, 6.07) is 7.25. The second kappa shape index (κ2) is 7.99. The third-order valence-electron chi connectivity index (χ3n) is 4.21. The average molecular weight is 385 g/mol. The molecule has 1 aromatic heterocycles. The van der Waals surface area contributed by atoms with E-state index in [9.17, 15) is 23.1 Å². The quantitative estimate of drug-likeness (QED) is 0.795. The summed E-state index contributed by atoms with van der Waals surface area (Å²) in [5.74, 6) is -0.903. The fraction of sp³-hybridized carbons (Fsp3) is 0.444. The van der Waals surface area contributed by atoms with Gasteiger partial charge in [-0.05, 0) is 19.1 Å². The van der Waals surface area contributed by atoms with Crippen LogP contribution in [0.3, 0.4) is 0 Å². The Bertz CT molecular complexity index is 774. The van der Waals surface area contributed by atoms with Crippen LogP contribution in [-0.4, -0.2) is 51.8 Å². The van der Waals surface area contributed by atoms with Crippen molar-refractivity contribution in [2.24, 2.45) is 7.05 Å². The van der Waals surface area contributed by atoms with Crippen LogP contribution in [0, 0.1) is 6.92 Å². The number of nitrogens with zero attached hydrogens (tertiary/aromatic N) is 3. The predicted molar refractivity (Wildman–Crippen MR) is 92.1 cm³/mol. The number of carbonyl (C=O) groups excluding carboxylic acids is 1. The summed E-state index contributed by atoms with van der Waals surface area (Å²) in [5.41, 5.74) is -2.30. The van der Waals surface area contributed by atoms with Crippen molar-refractivity contribution in [3.63, 3.8) is 0 Å². The van der Waals surface area contributed by atoms with Gasteiger partial charge < -0.3 is 19.3 Å². The number of hydrogen-bond acceptors (Lipinski definition) is 4. The van der Waals surface area contributed by atoms with Gasteiger partial charge in [0.05, 0.1) is 13.0 Å². The highest BCUT2D eigenvalue weighted by molar-refractivity contribution is 5.77. The molecule has 2 rings (SSSR count). The van der Waals surface area contributed by atoms with Gasteiger partial charge in [-0.1, -0.05) is 17.7 Å². The molecule has 0 aliphatic carbocycles. The number of imidazole rings is 1. The van der Waals surface area contributed by atoms with Crippen molar-refractivity contribution < 1.29 is 27.8 Å². The van der Waals surface area contributed by atoms with Gasteiger partial charge in [-0.25, -0.2) is 4.98 Å². The minimum Gasteiger partial charge on any atom is -0.492 e. The van der Waals surface area contributed by atoms with Crippen LogP contribution in [0.5, 0.6) is 5.75 Å². The van der Waals surface area contributed by atoms with Gasteiger partial charge in [0.15, 0.2) is 5.82 Å². The van der Waals surface area contributed by atoms with E-state index in [-0.39, 0.29) is 13.2 Å². The van der Waals surface area contributed by atoms with Crippen LogP contribution in [0.1, 0.15) is 17.8 Å². The van der Waals surface area contributed by atoms with Gasteiger partial charge in [-0.3, -0.25) is 4.79 Å². The second-order valence-electron chi connectivity index (χ2n) is 6.37. The van der Waals surface area contributed by atoms with Crippen molar-refractivity contribution in [2.45, 2.75) is 25.1 Å². The zero-order chi connectivity index (χ0) is 20.2. The third-order valence-corrected chi connectivity index (χ3v) is 4.21. The first-order valence-electron chi connectivity index (χ1n) is 8.25. The number of aromatic nitrogens is 2. The molecular weight excluding hydrogens is 363 g/mol. The van der Waals surface area contributed by atoms with E-state index >= 15 is 0 Å². The molecule has 2 aromatic rings. The van der Waals surface area contributed by atoms with Gasteiger partial charge in [0.25, 0.3) is 0 Å². The summed E-state index contributed by atoms with van der Waals surface area (Å²) in [5, 5.41) is 10.3. The van der Waals surface area contributed by atoms with E-state index in [1.807, 2.05) is 19.1 Å². The number of amides is 1. The van der Waals surface area contributed by atoms with Crippen LogP contribution in [-0.2, 0) is 17.4 Å². The molecule has 0 fully saturated rings. The lowest BCUT2D eigenvalue weighted by atomic mass is 9.97. The van der Waals surface area contributed by atoms with E-state index in [1.54, 1.807) is 12.1 Å². The molecule has 0 saturated carbocycles. The molecule has 1 N–H and O–H groups in total. The number of benzene rings is 1. The summed E-state index contributed by atoms with van der Waals surface area (Å²) in [6.07, 6.45) is -3.81. The topological polar surface area (TPSA) is 67.6 Å². The minimum absolute atomic E-state index is 0.0706. The fourth-order valence-electron chi connectivity index (χ4n) is 2.48. The summed E-state index contributed by atoms with van der Waals surface area (Å²) in [6.45, 7) is 2.11. The molecule has 6 nitrogen and oxygen atoms in total. The van der Waals surface area contributed by atoms with Crippen molar-refractivity contribution in [1.82, 2.24) is 14.5 Å². The maximum atomic E-state index is 13.5. The largest absolute Gasteiger partial charge is 0.492 e. The lowest BCUT2D eigenvalue weighted by Crippen LogP contribution is -2.48. The van der Waals surface area contributed by atoms with Crippen LogP contribution in [0.25, 0.3) is 0 Å². The van der Waals surface area contributed by atoms with Gasteiger partial charge in [-0.15, -0.1) is 0 Å². The van der Waals surface area contributed by atoms with Crippen LogP contribution >= 0.6 is 0 Å². The number of aliphatic hydroxyl groups is 1. The molecule has 0 radical (unpaired) electrons.